The number of carbonyl (C=O) groups is 1. The number of hydrogen-bond donors (Lipinski definition) is 0. The summed E-state index contributed by atoms with van der Waals surface area (Å²) in [5.41, 5.74) is 0. The Labute approximate surface area is 291 Å². The first-order valence-electron chi connectivity index (χ1n) is 17.7. The van der Waals surface area contributed by atoms with Crippen LogP contribution in [0.3, 0.4) is 0 Å². The molecule has 0 saturated carbocycles. The summed E-state index contributed by atoms with van der Waals surface area (Å²) in [7, 11) is -2.54. The van der Waals surface area contributed by atoms with Crippen molar-refractivity contribution in [2.24, 2.45) is 5.92 Å². The van der Waals surface area contributed by atoms with Gasteiger partial charge in [-0.15, -0.1) is 0 Å². The fraction of sp³-hybridized carbons (Fsp3) is 0.658. The van der Waals surface area contributed by atoms with Crippen LogP contribution in [-0.4, -0.2) is 107 Å². The SMILES string of the molecule is CCCCC(CC)C(=O)OCCOCCOCCOCCOCCOCCOCCO[Si](c1ccccc1)(c1ccccc1)C(C)(C)C. The molecule has 0 aliphatic heterocycles. The molecule has 0 aliphatic rings. The third-order valence-corrected chi connectivity index (χ3v) is 13.1. The van der Waals surface area contributed by atoms with Crippen LogP contribution in [0.25, 0.3) is 0 Å². The molecule has 0 aromatic heterocycles. The molecule has 0 aliphatic carbocycles. The first kappa shape index (κ1) is 42.0. The summed E-state index contributed by atoms with van der Waals surface area (Å²) < 4.78 is 45.7. The monoisotopic (exact) mass is 690 g/mol. The molecule has 0 fully saturated rings. The fourth-order valence-electron chi connectivity index (χ4n) is 5.48. The number of ether oxygens (including phenoxy) is 7. The zero-order chi connectivity index (χ0) is 34.8. The van der Waals surface area contributed by atoms with Crippen molar-refractivity contribution in [1.82, 2.24) is 0 Å². The maximum Gasteiger partial charge on any atom is 0.308 e. The molecule has 0 bridgehead atoms. The average molecular weight is 691 g/mol. The second-order valence-electron chi connectivity index (χ2n) is 12.6. The molecule has 1 unspecified atom stereocenters. The van der Waals surface area contributed by atoms with E-state index in [1.54, 1.807) is 0 Å². The lowest BCUT2D eigenvalue weighted by molar-refractivity contribution is -0.150. The highest BCUT2D eigenvalue weighted by Gasteiger charge is 2.50. The first-order chi connectivity index (χ1) is 23.4. The Balaban J connectivity index is 1.42. The van der Waals surface area contributed by atoms with Crippen LogP contribution in [0.4, 0.5) is 0 Å². The van der Waals surface area contributed by atoms with Crippen LogP contribution in [0.15, 0.2) is 60.7 Å². The summed E-state index contributed by atoms with van der Waals surface area (Å²) in [5.74, 6) is -0.119. The van der Waals surface area contributed by atoms with Gasteiger partial charge in [0.05, 0.1) is 91.8 Å². The molecule has 0 spiro atoms. The molecule has 0 heterocycles. The van der Waals surface area contributed by atoms with E-state index in [9.17, 15) is 4.79 Å². The Kier molecular flexibility index (Phi) is 22.6. The van der Waals surface area contributed by atoms with E-state index in [2.05, 4.69) is 88.4 Å². The lowest BCUT2D eigenvalue weighted by Gasteiger charge is -2.43. The van der Waals surface area contributed by atoms with Crippen LogP contribution < -0.4 is 10.4 Å². The Hall–Kier alpha value is -2.15. The van der Waals surface area contributed by atoms with Gasteiger partial charge < -0.3 is 37.6 Å². The van der Waals surface area contributed by atoms with E-state index in [-0.39, 0.29) is 23.5 Å². The second kappa shape index (κ2) is 25.8. The number of unbranched alkanes of at least 4 members (excludes halogenated alkanes) is 1. The van der Waals surface area contributed by atoms with E-state index in [0.717, 1.165) is 25.7 Å². The number of esters is 1. The summed E-state index contributed by atoms with van der Waals surface area (Å²) in [6, 6.07) is 21.3. The number of carbonyl (C=O) groups excluding carboxylic acids is 1. The van der Waals surface area contributed by atoms with Crippen LogP contribution in [0.2, 0.25) is 5.04 Å². The largest absolute Gasteiger partial charge is 0.463 e. The predicted octanol–water partition coefficient (Wildman–Crippen LogP) is 5.42. The van der Waals surface area contributed by atoms with E-state index in [1.165, 1.54) is 10.4 Å². The average Bonchev–Trinajstić information content (AvgIpc) is 3.09. The molecule has 1 atom stereocenters. The van der Waals surface area contributed by atoms with Gasteiger partial charge in [-0.05, 0) is 28.3 Å². The molecule has 2 aromatic carbocycles. The summed E-state index contributed by atoms with van der Waals surface area (Å²) in [5, 5.41) is 2.48. The van der Waals surface area contributed by atoms with Crippen molar-refractivity contribution in [3.05, 3.63) is 60.7 Å². The second-order valence-corrected chi connectivity index (χ2v) is 16.9. The molecule has 0 amide bonds. The van der Waals surface area contributed by atoms with Crippen molar-refractivity contribution in [3.8, 4) is 0 Å². The Morgan fingerprint density at radius 2 is 0.958 bits per heavy atom. The predicted molar refractivity (Wildman–Crippen MR) is 193 cm³/mol. The molecule has 0 saturated heterocycles. The van der Waals surface area contributed by atoms with Gasteiger partial charge in [0, 0.05) is 0 Å². The smallest absolute Gasteiger partial charge is 0.308 e. The Morgan fingerprint density at radius 3 is 1.31 bits per heavy atom. The maximum atomic E-state index is 12.1. The van der Waals surface area contributed by atoms with Gasteiger partial charge in [-0.2, -0.15) is 0 Å². The van der Waals surface area contributed by atoms with Gasteiger partial charge in [0.2, 0.25) is 0 Å². The van der Waals surface area contributed by atoms with E-state index in [1.807, 2.05) is 6.92 Å². The number of rotatable bonds is 29. The molecule has 48 heavy (non-hydrogen) atoms. The minimum Gasteiger partial charge on any atom is -0.463 e. The summed E-state index contributed by atoms with van der Waals surface area (Å²) >= 11 is 0. The zero-order valence-electron chi connectivity index (χ0n) is 30.3. The number of benzene rings is 2. The van der Waals surface area contributed by atoms with Gasteiger partial charge >= 0.3 is 5.97 Å². The third kappa shape index (κ3) is 16.0. The van der Waals surface area contributed by atoms with Crippen LogP contribution in [0, 0.1) is 5.92 Å². The molecule has 2 rings (SSSR count). The van der Waals surface area contributed by atoms with Gasteiger partial charge in [-0.25, -0.2) is 0 Å². The summed E-state index contributed by atoms with van der Waals surface area (Å²) in [6.07, 6.45) is 3.84. The van der Waals surface area contributed by atoms with Crippen LogP contribution in [-0.2, 0) is 42.4 Å². The molecule has 0 radical (unpaired) electrons. The first-order valence-corrected chi connectivity index (χ1v) is 19.7. The van der Waals surface area contributed by atoms with Crippen molar-refractivity contribution in [3.63, 3.8) is 0 Å². The van der Waals surface area contributed by atoms with Gasteiger partial charge in [0.15, 0.2) is 0 Å². The van der Waals surface area contributed by atoms with Crippen molar-refractivity contribution in [2.75, 3.05) is 92.5 Å². The Morgan fingerprint density at radius 1 is 0.583 bits per heavy atom. The van der Waals surface area contributed by atoms with E-state index >= 15 is 0 Å². The van der Waals surface area contributed by atoms with Crippen LogP contribution in [0.5, 0.6) is 0 Å². The summed E-state index contributed by atoms with van der Waals surface area (Å²) in [6.45, 7) is 17.6. The van der Waals surface area contributed by atoms with Crippen molar-refractivity contribution in [1.29, 1.82) is 0 Å². The standard InChI is InChI=1S/C38H62O9Si/c1-6-8-15-34(7-2)37(39)46-32-30-44-28-26-42-24-22-40-20-21-41-23-25-43-27-29-45-31-33-47-48(38(3,4)5,35-16-11-9-12-17-35)36-18-13-10-14-19-36/h9-14,16-19,34H,6-8,15,20-33H2,1-5H3. The molecule has 0 N–H and O–H groups in total. The fourth-order valence-corrected chi connectivity index (χ4v) is 10.0. The molecule has 10 heteroatoms. The van der Waals surface area contributed by atoms with Gasteiger partial charge in [0.25, 0.3) is 8.32 Å². The van der Waals surface area contributed by atoms with Crippen molar-refractivity contribution in [2.45, 2.75) is 65.3 Å². The molecular formula is C38H62O9Si. The van der Waals surface area contributed by atoms with Gasteiger partial charge in [-0.3, -0.25) is 4.79 Å². The van der Waals surface area contributed by atoms with Crippen LogP contribution >= 0.6 is 0 Å². The van der Waals surface area contributed by atoms with Gasteiger partial charge in [0.1, 0.15) is 6.61 Å². The molecule has 272 valence electrons. The lowest BCUT2D eigenvalue weighted by atomic mass is 10.00. The van der Waals surface area contributed by atoms with E-state index < -0.39 is 8.32 Å². The zero-order valence-corrected chi connectivity index (χ0v) is 31.3. The highest BCUT2D eigenvalue weighted by atomic mass is 28.4. The quantitative estimate of drug-likeness (QED) is 0.0631. The third-order valence-electron chi connectivity index (χ3n) is 8.03. The van der Waals surface area contributed by atoms with Crippen molar-refractivity contribution >= 4 is 24.7 Å². The minimum absolute atomic E-state index is 0.00232. The molecular weight excluding hydrogens is 628 g/mol. The maximum absolute atomic E-state index is 12.1. The van der Waals surface area contributed by atoms with Crippen LogP contribution in [0.1, 0.15) is 60.3 Å². The normalized spacial score (nSPS) is 12.7. The minimum atomic E-state index is -2.54. The lowest BCUT2D eigenvalue weighted by Crippen LogP contribution is -2.66. The summed E-state index contributed by atoms with van der Waals surface area (Å²) in [4.78, 5) is 12.1. The molecule has 2 aromatic rings. The Bertz CT molecular complexity index is 1010. The van der Waals surface area contributed by atoms with E-state index in [4.69, 9.17) is 37.6 Å². The highest BCUT2D eigenvalue weighted by Crippen LogP contribution is 2.36. The highest BCUT2D eigenvalue weighted by molar-refractivity contribution is 6.99. The van der Waals surface area contributed by atoms with Crippen molar-refractivity contribution < 1.29 is 42.4 Å². The topological polar surface area (TPSA) is 90.9 Å². The number of hydrogen-bond acceptors (Lipinski definition) is 9. The van der Waals surface area contributed by atoms with E-state index in [0.29, 0.717) is 85.9 Å². The molecule has 9 nitrogen and oxygen atoms in total. The van der Waals surface area contributed by atoms with Gasteiger partial charge in [-0.1, -0.05) is 108 Å².